The molecule has 0 aliphatic carbocycles. The molecule has 0 radical (unpaired) electrons. The summed E-state index contributed by atoms with van der Waals surface area (Å²) in [4.78, 5) is 24.5. The molecule has 0 aromatic heterocycles. The van der Waals surface area contributed by atoms with Gasteiger partial charge in [0.05, 0.1) is 6.54 Å². The highest BCUT2D eigenvalue weighted by Crippen LogP contribution is 2.28. The first kappa shape index (κ1) is 21.9. The number of hydrazine groups is 1. The van der Waals surface area contributed by atoms with Crippen LogP contribution in [-0.2, 0) is 0 Å². The lowest BCUT2D eigenvalue weighted by molar-refractivity contribution is 0.0728. The maximum atomic E-state index is 12.7. The molecular weight excluding hydrogens is 402 g/mol. The fraction of sp³-hybridized carbons (Fsp3) is 0.273. The molecule has 1 saturated heterocycles. The number of rotatable bonds is 7. The van der Waals surface area contributed by atoms with E-state index in [4.69, 9.17) is 10.6 Å². The molecule has 0 saturated carbocycles. The summed E-state index contributed by atoms with van der Waals surface area (Å²) in [7, 11) is 0. The van der Waals surface area contributed by atoms with Crippen molar-refractivity contribution in [3.05, 3.63) is 70.1 Å². The van der Waals surface area contributed by atoms with E-state index in [0.717, 1.165) is 22.9 Å². The van der Waals surface area contributed by atoms with Crippen molar-refractivity contribution in [1.29, 1.82) is 0 Å². The minimum Gasteiger partial charge on any atom is -0.492 e. The van der Waals surface area contributed by atoms with Crippen LogP contribution in [0.1, 0.15) is 41.3 Å². The number of nitrogens with zero attached hydrogens (tertiary/aromatic N) is 1. The van der Waals surface area contributed by atoms with Gasteiger partial charge in [-0.2, -0.15) is 0 Å². The molecule has 8 heteroatoms. The Labute approximate surface area is 179 Å². The number of nitrogens with one attached hydrogen (secondary N) is 1. The maximum Gasteiger partial charge on any atom is 0.285 e. The van der Waals surface area contributed by atoms with E-state index in [9.17, 15) is 14.7 Å². The number of thioether (sulfide) groups is 1. The standard InChI is InChI=1S/C22H25N3O4S/c1-14(2)17-5-3-4-6-18(17)21(27)25(23)11-12-29-16-9-7-15(8-10-16)13-19-20(26)24-22(28)30-19/h3-10,13-14,20,26H,11-12,23H2,1-2H3,(H,24,28)/b19-13-. The van der Waals surface area contributed by atoms with Crippen molar-refractivity contribution in [2.24, 2.45) is 5.84 Å². The zero-order chi connectivity index (χ0) is 21.7. The molecule has 2 aromatic rings. The second kappa shape index (κ2) is 9.80. The Morgan fingerprint density at radius 3 is 2.60 bits per heavy atom. The molecule has 1 fully saturated rings. The van der Waals surface area contributed by atoms with Crippen LogP contribution in [0.15, 0.2) is 53.4 Å². The number of aliphatic hydroxyl groups excluding tert-OH is 1. The summed E-state index contributed by atoms with van der Waals surface area (Å²) < 4.78 is 5.69. The highest BCUT2D eigenvalue weighted by Gasteiger charge is 2.25. The molecule has 0 spiro atoms. The van der Waals surface area contributed by atoms with Gasteiger partial charge in [-0.15, -0.1) is 0 Å². The van der Waals surface area contributed by atoms with E-state index in [1.165, 1.54) is 5.01 Å². The van der Waals surface area contributed by atoms with Crippen molar-refractivity contribution in [2.45, 2.75) is 26.0 Å². The third kappa shape index (κ3) is 5.41. The Balaban J connectivity index is 1.53. The summed E-state index contributed by atoms with van der Waals surface area (Å²) in [5.41, 5.74) is 2.40. The van der Waals surface area contributed by atoms with Crippen LogP contribution in [0.25, 0.3) is 6.08 Å². The molecule has 1 aliphatic rings. The largest absolute Gasteiger partial charge is 0.492 e. The van der Waals surface area contributed by atoms with E-state index in [2.05, 4.69) is 5.32 Å². The van der Waals surface area contributed by atoms with Gasteiger partial charge in [-0.3, -0.25) is 14.6 Å². The van der Waals surface area contributed by atoms with Crippen LogP contribution in [0.2, 0.25) is 0 Å². The minimum absolute atomic E-state index is 0.223. The number of benzene rings is 2. The lowest BCUT2D eigenvalue weighted by Crippen LogP contribution is -2.40. The van der Waals surface area contributed by atoms with E-state index < -0.39 is 6.23 Å². The molecule has 7 nitrogen and oxygen atoms in total. The van der Waals surface area contributed by atoms with Crippen molar-refractivity contribution in [3.8, 4) is 5.75 Å². The van der Waals surface area contributed by atoms with Crippen molar-refractivity contribution in [2.75, 3.05) is 13.2 Å². The van der Waals surface area contributed by atoms with Gasteiger partial charge in [0, 0.05) is 10.5 Å². The Hall–Kier alpha value is -2.81. The molecule has 1 heterocycles. The zero-order valence-corrected chi connectivity index (χ0v) is 17.7. The van der Waals surface area contributed by atoms with Gasteiger partial charge in [0.15, 0.2) is 6.23 Å². The summed E-state index contributed by atoms with van der Waals surface area (Å²) in [6.45, 7) is 4.57. The van der Waals surface area contributed by atoms with Gasteiger partial charge in [0.2, 0.25) is 0 Å². The second-order valence-corrected chi connectivity index (χ2v) is 8.19. The Morgan fingerprint density at radius 2 is 1.97 bits per heavy atom. The van der Waals surface area contributed by atoms with Gasteiger partial charge in [0.25, 0.3) is 11.1 Å². The van der Waals surface area contributed by atoms with Crippen molar-refractivity contribution < 1.29 is 19.4 Å². The number of hydrogen-bond donors (Lipinski definition) is 3. The molecule has 1 aliphatic heterocycles. The average Bonchev–Trinajstić information content (AvgIpc) is 3.05. The van der Waals surface area contributed by atoms with Crippen LogP contribution in [0, 0.1) is 0 Å². The number of ether oxygens (including phenoxy) is 1. The van der Waals surface area contributed by atoms with Crippen LogP contribution in [0.5, 0.6) is 5.75 Å². The van der Waals surface area contributed by atoms with Crippen LogP contribution in [0.3, 0.4) is 0 Å². The van der Waals surface area contributed by atoms with Gasteiger partial charge in [0.1, 0.15) is 12.4 Å². The molecule has 2 amide bonds. The fourth-order valence-corrected chi connectivity index (χ4v) is 3.77. The normalized spacial score (nSPS) is 17.3. The zero-order valence-electron chi connectivity index (χ0n) is 16.9. The summed E-state index contributed by atoms with van der Waals surface area (Å²) in [6.07, 6.45) is 0.774. The van der Waals surface area contributed by atoms with Gasteiger partial charge in [-0.05, 0) is 53.1 Å². The fourth-order valence-electron chi connectivity index (χ4n) is 3.02. The van der Waals surface area contributed by atoms with Crippen molar-refractivity contribution in [1.82, 2.24) is 10.3 Å². The SMILES string of the molecule is CC(C)c1ccccc1C(=O)N(N)CCOc1ccc(/C=C2\SC(=O)NC2O)cc1. The summed E-state index contributed by atoms with van der Waals surface area (Å²) in [6, 6.07) is 14.7. The first-order valence-electron chi connectivity index (χ1n) is 9.61. The first-order valence-corrected chi connectivity index (χ1v) is 10.4. The number of carbonyl (C=O) groups is 2. The maximum absolute atomic E-state index is 12.7. The molecule has 158 valence electrons. The lowest BCUT2D eigenvalue weighted by atomic mass is 9.97. The first-order chi connectivity index (χ1) is 14.3. The van der Waals surface area contributed by atoms with Crippen LogP contribution in [0.4, 0.5) is 4.79 Å². The highest BCUT2D eigenvalue weighted by atomic mass is 32.2. The highest BCUT2D eigenvalue weighted by molar-refractivity contribution is 8.17. The molecule has 2 aromatic carbocycles. The van der Waals surface area contributed by atoms with E-state index in [0.29, 0.717) is 16.2 Å². The average molecular weight is 428 g/mol. The van der Waals surface area contributed by atoms with Crippen LogP contribution in [-0.4, -0.2) is 40.6 Å². The Bertz CT molecular complexity index is 944. The van der Waals surface area contributed by atoms with Gasteiger partial charge in [-0.1, -0.05) is 44.2 Å². The van der Waals surface area contributed by atoms with Crippen LogP contribution < -0.4 is 15.9 Å². The molecule has 4 N–H and O–H groups in total. The summed E-state index contributed by atoms with van der Waals surface area (Å²) in [5.74, 6) is 6.58. The second-order valence-electron chi connectivity index (χ2n) is 7.14. The summed E-state index contributed by atoms with van der Waals surface area (Å²) >= 11 is 0.972. The molecule has 3 rings (SSSR count). The number of carbonyl (C=O) groups excluding carboxylic acids is 2. The lowest BCUT2D eigenvalue weighted by Gasteiger charge is -2.20. The quantitative estimate of drug-likeness (QED) is 0.356. The van der Waals surface area contributed by atoms with E-state index in [-0.39, 0.29) is 30.2 Å². The number of amides is 2. The minimum atomic E-state index is -0.965. The predicted octanol–water partition coefficient (Wildman–Crippen LogP) is 3.32. The molecule has 1 atom stereocenters. The van der Waals surface area contributed by atoms with E-state index in [1.54, 1.807) is 24.3 Å². The third-order valence-corrected chi connectivity index (χ3v) is 5.48. The van der Waals surface area contributed by atoms with E-state index in [1.807, 2.05) is 44.2 Å². The van der Waals surface area contributed by atoms with E-state index >= 15 is 0 Å². The molecule has 0 bridgehead atoms. The topological polar surface area (TPSA) is 105 Å². The smallest absolute Gasteiger partial charge is 0.285 e. The Morgan fingerprint density at radius 1 is 1.27 bits per heavy atom. The summed E-state index contributed by atoms with van der Waals surface area (Å²) in [5, 5.41) is 13.0. The monoisotopic (exact) mass is 427 g/mol. The van der Waals surface area contributed by atoms with Crippen molar-refractivity contribution >= 4 is 29.0 Å². The van der Waals surface area contributed by atoms with Gasteiger partial charge >= 0.3 is 0 Å². The third-order valence-electron chi connectivity index (χ3n) is 4.60. The van der Waals surface area contributed by atoms with Gasteiger partial charge < -0.3 is 15.2 Å². The number of hydrogen-bond acceptors (Lipinski definition) is 6. The number of aliphatic hydroxyl groups is 1. The Kier molecular flexibility index (Phi) is 7.15. The van der Waals surface area contributed by atoms with Gasteiger partial charge in [-0.25, -0.2) is 5.84 Å². The van der Waals surface area contributed by atoms with Crippen LogP contribution >= 0.6 is 11.8 Å². The van der Waals surface area contributed by atoms with Crippen molar-refractivity contribution in [3.63, 3.8) is 0 Å². The molecular formula is C22H25N3O4S. The molecule has 1 unspecified atom stereocenters. The predicted molar refractivity (Wildman–Crippen MR) is 118 cm³/mol. The number of nitrogens with two attached hydrogens (primary N) is 1. The molecule has 30 heavy (non-hydrogen) atoms.